The monoisotopic (exact) mass is 462 g/mol. The Morgan fingerprint density at radius 2 is 1.59 bits per heavy atom. The minimum absolute atomic E-state index is 0.000683. The molecule has 1 fully saturated rings. The van der Waals surface area contributed by atoms with Crippen LogP contribution in [0.25, 0.3) is 23.3 Å². The van der Waals surface area contributed by atoms with Crippen molar-refractivity contribution in [3.05, 3.63) is 101 Å². The van der Waals surface area contributed by atoms with Gasteiger partial charge in [-0.2, -0.15) is 0 Å². The molecule has 3 aromatic rings. The van der Waals surface area contributed by atoms with Gasteiger partial charge in [-0.15, -0.1) is 0 Å². The second-order valence-electron chi connectivity index (χ2n) is 8.75. The van der Waals surface area contributed by atoms with Crippen molar-refractivity contribution in [2.24, 2.45) is 5.92 Å². The standard InChI is InChI=1S/C30H29F3O/c1-3-20-7-12-23(13-8-20)25-16-17-26(30(33)29(25)32)24-14-9-21(10-15-24)5-6-22-11-18-28(34-4-2)27(31)19-22/h3,5-8,11-13,16-19,21,24H,1,4,9-10,14-15H2,2H3. The molecule has 1 nitrogen and oxygen atoms in total. The molecular formula is C30H29F3O. The Labute approximate surface area is 199 Å². The zero-order valence-electron chi connectivity index (χ0n) is 19.4. The van der Waals surface area contributed by atoms with Crippen molar-refractivity contribution in [2.75, 3.05) is 6.61 Å². The summed E-state index contributed by atoms with van der Waals surface area (Å²) in [5.74, 6) is -1.31. The lowest BCUT2D eigenvalue weighted by atomic mass is 9.78. The van der Waals surface area contributed by atoms with Crippen molar-refractivity contribution in [1.82, 2.24) is 0 Å². The van der Waals surface area contributed by atoms with E-state index in [-0.39, 0.29) is 23.0 Å². The van der Waals surface area contributed by atoms with Crippen LogP contribution in [0.15, 0.2) is 67.3 Å². The zero-order chi connectivity index (χ0) is 24.1. The molecule has 0 aliphatic heterocycles. The summed E-state index contributed by atoms with van der Waals surface area (Å²) in [5, 5.41) is 0. The number of hydrogen-bond donors (Lipinski definition) is 0. The predicted molar refractivity (Wildman–Crippen MR) is 133 cm³/mol. The van der Waals surface area contributed by atoms with Crippen LogP contribution in [0.2, 0.25) is 0 Å². The van der Waals surface area contributed by atoms with Gasteiger partial charge in [0.05, 0.1) is 6.61 Å². The summed E-state index contributed by atoms with van der Waals surface area (Å²) in [6.07, 6.45) is 9.08. The summed E-state index contributed by atoms with van der Waals surface area (Å²) in [6.45, 7) is 5.96. The Hall–Kier alpha value is -3.27. The SMILES string of the molecule is C=Cc1ccc(-c2ccc(C3CCC(C=Cc4ccc(OCC)c(F)c4)CC3)c(F)c2F)cc1. The van der Waals surface area contributed by atoms with Crippen molar-refractivity contribution in [3.8, 4) is 16.9 Å². The smallest absolute Gasteiger partial charge is 0.166 e. The van der Waals surface area contributed by atoms with Crippen LogP contribution < -0.4 is 4.74 Å². The molecule has 1 aliphatic rings. The molecule has 4 heteroatoms. The Morgan fingerprint density at radius 1 is 0.882 bits per heavy atom. The first-order valence-corrected chi connectivity index (χ1v) is 11.8. The van der Waals surface area contributed by atoms with Gasteiger partial charge in [0.1, 0.15) is 0 Å². The average Bonchev–Trinajstić information content (AvgIpc) is 2.86. The van der Waals surface area contributed by atoms with Gasteiger partial charge < -0.3 is 4.74 Å². The number of halogens is 3. The Kier molecular flexibility index (Phi) is 7.56. The number of allylic oxidation sites excluding steroid dienone is 1. The zero-order valence-corrected chi connectivity index (χ0v) is 19.4. The number of ether oxygens (including phenoxy) is 1. The van der Waals surface area contributed by atoms with E-state index in [1.54, 1.807) is 36.4 Å². The van der Waals surface area contributed by atoms with Crippen LogP contribution >= 0.6 is 0 Å². The lowest BCUT2D eigenvalue weighted by Crippen LogP contribution is -2.13. The van der Waals surface area contributed by atoms with Crippen molar-refractivity contribution in [3.63, 3.8) is 0 Å². The summed E-state index contributed by atoms with van der Waals surface area (Å²) >= 11 is 0. The molecule has 1 aliphatic carbocycles. The molecule has 0 heterocycles. The maximum atomic E-state index is 15.0. The van der Waals surface area contributed by atoms with E-state index in [1.165, 1.54) is 6.07 Å². The predicted octanol–water partition coefficient (Wildman–Crippen LogP) is 8.80. The highest BCUT2D eigenvalue weighted by atomic mass is 19.2. The Morgan fingerprint density at radius 3 is 2.24 bits per heavy atom. The van der Waals surface area contributed by atoms with E-state index in [9.17, 15) is 8.78 Å². The molecule has 0 radical (unpaired) electrons. The number of benzene rings is 3. The second-order valence-corrected chi connectivity index (χ2v) is 8.75. The van der Waals surface area contributed by atoms with Crippen LogP contribution in [0.3, 0.4) is 0 Å². The molecule has 0 saturated heterocycles. The van der Waals surface area contributed by atoms with Gasteiger partial charge in [-0.1, -0.05) is 67.3 Å². The molecule has 4 rings (SSSR count). The van der Waals surface area contributed by atoms with Crippen molar-refractivity contribution >= 4 is 12.2 Å². The number of hydrogen-bond acceptors (Lipinski definition) is 1. The van der Waals surface area contributed by atoms with Gasteiger partial charge in [0.2, 0.25) is 0 Å². The van der Waals surface area contributed by atoms with Crippen LogP contribution in [0.4, 0.5) is 13.2 Å². The van der Waals surface area contributed by atoms with Crippen LogP contribution in [-0.4, -0.2) is 6.61 Å². The summed E-state index contributed by atoms with van der Waals surface area (Å²) in [7, 11) is 0. The normalized spacial score (nSPS) is 18.2. The topological polar surface area (TPSA) is 9.23 Å². The first-order valence-electron chi connectivity index (χ1n) is 11.8. The largest absolute Gasteiger partial charge is 0.491 e. The summed E-state index contributed by atoms with van der Waals surface area (Å²) in [6, 6.07) is 15.6. The third-order valence-corrected chi connectivity index (χ3v) is 6.60. The minimum Gasteiger partial charge on any atom is -0.491 e. The molecule has 0 bridgehead atoms. The van der Waals surface area contributed by atoms with Crippen molar-refractivity contribution < 1.29 is 17.9 Å². The fourth-order valence-corrected chi connectivity index (χ4v) is 4.66. The highest BCUT2D eigenvalue weighted by Gasteiger charge is 2.25. The first kappa shape index (κ1) is 23.9. The molecule has 3 aromatic carbocycles. The van der Waals surface area contributed by atoms with Gasteiger partial charge in [0.25, 0.3) is 0 Å². The third-order valence-electron chi connectivity index (χ3n) is 6.60. The molecule has 34 heavy (non-hydrogen) atoms. The molecule has 1 saturated carbocycles. The van der Waals surface area contributed by atoms with Crippen molar-refractivity contribution in [2.45, 2.75) is 38.5 Å². The number of rotatable bonds is 7. The molecule has 0 unspecified atom stereocenters. The van der Waals surface area contributed by atoms with E-state index in [2.05, 4.69) is 12.7 Å². The Balaban J connectivity index is 1.41. The van der Waals surface area contributed by atoms with E-state index >= 15 is 4.39 Å². The van der Waals surface area contributed by atoms with Gasteiger partial charge in [-0.3, -0.25) is 0 Å². The van der Waals surface area contributed by atoms with Gasteiger partial charge in [-0.25, -0.2) is 13.2 Å². The summed E-state index contributed by atoms with van der Waals surface area (Å²) in [5.41, 5.74) is 3.09. The fraction of sp³-hybridized carbons (Fsp3) is 0.267. The fourth-order valence-electron chi connectivity index (χ4n) is 4.66. The maximum Gasteiger partial charge on any atom is 0.166 e. The summed E-state index contributed by atoms with van der Waals surface area (Å²) in [4.78, 5) is 0. The van der Waals surface area contributed by atoms with E-state index in [0.717, 1.165) is 36.8 Å². The highest BCUT2D eigenvalue weighted by Crippen LogP contribution is 2.39. The van der Waals surface area contributed by atoms with Crippen LogP contribution in [0, 0.1) is 23.4 Å². The van der Waals surface area contributed by atoms with Gasteiger partial charge in [0, 0.05) is 5.56 Å². The third kappa shape index (κ3) is 5.27. The first-order chi connectivity index (χ1) is 16.5. The molecule has 176 valence electrons. The van der Waals surface area contributed by atoms with Crippen LogP contribution in [0.1, 0.15) is 55.2 Å². The van der Waals surface area contributed by atoms with Gasteiger partial charge in [-0.05, 0) is 78.8 Å². The van der Waals surface area contributed by atoms with Crippen LogP contribution in [0.5, 0.6) is 5.75 Å². The molecule has 0 atom stereocenters. The quantitative estimate of drug-likeness (QED) is 0.341. The molecule has 0 aromatic heterocycles. The van der Waals surface area contributed by atoms with E-state index in [0.29, 0.717) is 23.7 Å². The average molecular weight is 463 g/mol. The lowest BCUT2D eigenvalue weighted by Gasteiger charge is -2.27. The van der Waals surface area contributed by atoms with Crippen LogP contribution in [-0.2, 0) is 0 Å². The second kappa shape index (κ2) is 10.8. The van der Waals surface area contributed by atoms with Gasteiger partial charge >= 0.3 is 0 Å². The minimum atomic E-state index is -0.789. The van der Waals surface area contributed by atoms with E-state index < -0.39 is 11.6 Å². The van der Waals surface area contributed by atoms with E-state index in [1.807, 2.05) is 31.2 Å². The highest BCUT2D eigenvalue weighted by molar-refractivity contribution is 5.66. The molecular weight excluding hydrogens is 433 g/mol. The van der Waals surface area contributed by atoms with Crippen molar-refractivity contribution in [1.29, 1.82) is 0 Å². The molecule has 0 spiro atoms. The Bertz CT molecular complexity index is 1170. The molecule has 0 N–H and O–H groups in total. The lowest BCUT2D eigenvalue weighted by molar-refractivity contribution is 0.321. The van der Waals surface area contributed by atoms with Gasteiger partial charge in [0.15, 0.2) is 23.2 Å². The van der Waals surface area contributed by atoms with E-state index in [4.69, 9.17) is 4.74 Å². The maximum absolute atomic E-state index is 15.0. The summed E-state index contributed by atoms with van der Waals surface area (Å²) < 4.78 is 49.2. The molecule has 0 amide bonds.